The van der Waals surface area contributed by atoms with E-state index in [0.717, 1.165) is 49.2 Å². The third-order valence-electron chi connectivity index (χ3n) is 5.59. The Morgan fingerprint density at radius 3 is 2.50 bits per heavy atom. The Morgan fingerprint density at radius 2 is 1.81 bits per heavy atom. The van der Waals surface area contributed by atoms with Crippen LogP contribution in [0.1, 0.15) is 53.6 Å². The number of nitrogens with one attached hydrogen (secondary N) is 2. The minimum absolute atomic E-state index is 0. The van der Waals surface area contributed by atoms with Crippen LogP contribution in [0.15, 0.2) is 59.6 Å². The molecule has 7 heteroatoms. The van der Waals surface area contributed by atoms with E-state index in [1.165, 1.54) is 6.42 Å². The molecule has 0 radical (unpaired) electrons. The molecule has 0 bridgehead atoms. The van der Waals surface area contributed by atoms with Crippen LogP contribution in [0, 0.1) is 0 Å². The Balaban J connectivity index is 0.00000363. The number of amides is 1. The number of aliphatic hydroxyl groups is 1. The highest BCUT2D eigenvalue weighted by atomic mass is 127. The first-order chi connectivity index (χ1) is 15.2. The fourth-order valence-electron chi connectivity index (χ4n) is 3.83. The summed E-state index contributed by atoms with van der Waals surface area (Å²) in [6, 6.07) is 17.8. The number of guanidine groups is 1. The molecule has 174 valence electrons. The summed E-state index contributed by atoms with van der Waals surface area (Å²) in [7, 11) is 0. The van der Waals surface area contributed by atoms with Crippen molar-refractivity contribution < 1.29 is 9.90 Å². The minimum Gasteiger partial charge on any atom is -0.396 e. The predicted octanol–water partition coefficient (Wildman–Crippen LogP) is 3.76. The first kappa shape index (κ1) is 26.1. The first-order valence-electron chi connectivity index (χ1n) is 11.3. The molecule has 1 fully saturated rings. The maximum Gasteiger partial charge on any atom is 0.253 e. The van der Waals surface area contributed by atoms with E-state index in [1.54, 1.807) is 0 Å². The van der Waals surface area contributed by atoms with Crippen LogP contribution in [0.3, 0.4) is 0 Å². The van der Waals surface area contributed by atoms with Crippen molar-refractivity contribution in [2.45, 2.75) is 38.6 Å². The maximum absolute atomic E-state index is 12.8. The zero-order chi connectivity index (χ0) is 21.9. The number of likely N-dealkylation sites (tertiary alicyclic amines) is 1. The van der Waals surface area contributed by atoms with Crippen molar-refractivity contribution in [3.05, 3.63) is 71.3 Å². The lowest BCUT2D eigenvalue weighted by atomic mass is 10.0. The van der Waals surface area contributed by atoms with Crippen molar-refractivity contribution in [3.8, 4) is 0 Å². The molecule has 1 saturated heterocycles. The van der Waals surface area contributed by atoms with Gasteiger partial charge in [-0.05, 0) is 49.4 Å². The van der Waals surface area contributed by atoms with Gasteiger partial charge < -0.3 is 20.6 Å². The Hall–Kier alpha value is -2.13. The molecule has 1 atom stereocenters. The Labute approximate surface area is 208 Å². The lowest BCUT2D eigenvalue weighted by Gasteiger charge is -2.26. The highest BCUT2D eigenvalue weighted by Crippen LogP contribution is 2.15. The van der Waals surface area contributed by atoms with E-state index in [1.807, 2.05) is 66.4 Å². The van der Waals surface area contributed by atoms with Gasteiger partial charge in [0.05, 0.1) is 13.2 Å². The molecule has 1 amide bonds. The second-order valence-electron chi connectivity index (χ2n) is 7.92. The van der Waals surface area contributed by atoms with Crippen LogP contribution in [0.5, 0.6) is 0 Å². The number of aliphatic hydroxyl groups excluding tert-OH is 1. The van der Waals surface area contributed by atoms with Gasteiger partial charge in [0, 0.05) is 37.7 Å². The molecule has 6 nitrogen and oxygen atoms in total. The Kier molecular flexibility index (Phi) is 11.5. The van der Waals surface area contributed by atoms with E-state index in [4.69, 9.17) is 0 Å². The van der Waals surface area contributed by atoms with E-state index in [0.29, 0.717) is 19.0 Å². The summed E-state index contributed by atoms with van der Waals surface area (Å²) < 4.78 is 0. The predicted molar refractivity (Wildman–Crippen MR) is 141 cm³/mol. The summed E-state index contributed by atoms with van der Waals surface area (Å²) in [4.78, 5) is 19.4. The van der Waals surface area contributed by atoms with Crippen LogP contribution in [0.4, 0.5) is 0 Å². The number of carbonyl (C=O) groups excluding carboxylic acids is 1. The van der Waals surface area contributed by atoms with Crippen LogP contribution < -0.4 is 10.6 Å². The molecule has 0 saturated carbocycles. The van der Waals surface area contributed by atoms with Crippen molar-refractivity contribution >= 4 is 35.8 Å². The largest absolute Gasteiger partial charge is 0.396 e. The molecule has 1 unspecified atom stereocenters. The van der Waals surface area contributed by atoms with Gasteiger partial charge in [0.2, 0.25) is 0 Å². The zero-order valence-electron chi connectivity index (χ0n) is 18.8. The van der Waals surface area contributed by atoms with Crippen LogP contribution >= 0.6 is 24.0 Å². The van der Waals surface area contributed by atoms with E-state index in [-0.39, 0.29) is 42.4 Å². The van der Waals surface area contributed by atoms with Gasteiger partial charge >= 0.3 is 0 Å². The van der Waals surface area contributed by atoms with Crippen LogP contribution in [-0.2, 0) is 6.54 Å². The lowest BCUT2D eigenvalue weighted by molar-refractivity contribution is 0.0724. The molecule has 2 aromatic rings. The quantitative estimate of drug-likeness (QED) is 0.266. The highest BCUT2D eigenvalue weighted by molar-refractivity contribution is 14.0. The molecule has 1 aliphatic heterocycles. The average Bonchev–Trinajstić information content (AvgIpc) is 2.83. The fraction of sp³-hybridized carbons (Fsp3) is 0.440. The van der Waals surface area contributed by atoms with Gasteiger partial charge in [-0.3, -0.25) is 4.79 Å². The standard InChI is InChI=1S/C25H34N4O2.HI/c1-2-26-25(28-18-23(19-30)21-11-5-3-6-12-21)27-17-20-10-9-13-22(16-20)24(31)29-14-7-4-8-15-29;/h3,5-6,9-13,16,23,30H,2,4,7-8,14-15,17-19H2,1H3,(H2,26,27,28);1H. The summed E-state index contributed by atoms with van der Waals surface area (Å²) in [6.07, 6.45) is 3.39. The molecule has 0 spiro atoms. The number of nitrogens with zero attached hydrogens (tertiary/aromatic N) is 2. The number of hydrogen-bond acceptors (Lipinski definition) is 3. The fourth-order valence-corrected chi connectivity index (χ4v) is 3.83. The molecule has 32 heavy (non-hydrogen) atoms. The van der Waals surface area contributed by atoms with Crippen molar-refractivity contribution in [2.24, 2.45) is 4.99 Å². The van der Waals surface area contributed by atoms with Gasteiger partial charge in [-0.2, -0.15) is 0 Å². The number of aliphatic imine (C=N–C) groups is 1. The average molecular weight is 550 g/mol. The second kappa shape index (κ2) is 14.1. The van der Waals surface area contributed by atoms with Gasteiger partial charge in [-0.1, -0.05) is 42.5 Å². The van der Waals surface area contributed by atoms with Crippen LogP contribution in [0.2, 0.25) is 0 Å². The number of piperidine rings is 1. The smallest absolute Gasteiger partial charge is 0.253 e. The van der Waals surface area contributed by atoms with E-state index >= 15 is 0 Å². The summed E-state index contributed by atoms with van der Waals surface area (Å²) in [5.74, 6) is 0.810. The third-order valence-corrected chi connectivity index (χ3v) is 5.59. The Bertz CT molecular complexity index is 854. The van der Waals surface area contributed by atoms with Gasteiger partial charge in [-0.15, -0.1) is 24.0 Å². The van der Waals surface area contributed by atoms with Crippen molar-refractivity contribution in [3.63, 3.8) is 0 Å². The van der Waals surface area contributed by atoms with Gasteiger partial charge in [0.25, 0.3) is 5.91 Å². The number of benzene rings is 2. The molecule has 0 aliphatic carbocycles. The SMILES string of the molecule is CCNC(=NCc1cccc(C(=O)N2CCCCC2)c1)NCC(CO)c1ccccc1.I. The topological polar surface area (TPSA) is 77.0 Å². The minimum atomic E-state index is -0.00412. The van der Waals surface area contributed by atoms with Crippen molar-refractivity contribution in [2.75, 3.05) is 32.8 Å². The third kappa shape index (κ3) is 7.78. The van der Waals surface area contributed by atoms with Gasteiger partial charge in [0.15, 0.2) is 5.96 Å². The molecule has 0 aromatic heterocycles. The van der Waals surface area contributed by atoms with Crippen molar-refractivity contribution in [1.82, 2.24) is 15.5 Å². The summed E-state index contributed by atoms with van der Waals surface area (Å²) >= 11 is 0. The molecular formula is C25H35IN4O2. The van der Waals surface area contributed by atoms with E-state index in [2.05, 4.69) is 15.6 Å². The summed E-state index contributed by atoms with van der Waals surface area (Å²) in [5.41, 5.74) is 2.83. The lowest BCUT2D eigenvalue weighted by Crippen LogP contribution is -2.40. The number of halogens is 1. The molecule has 1 heterocycles. The zero-order valence-corrected chi connectivity index (χ0v) is 21.1. The number of rotatable bonds is 8. The number of hydrogen-bond donors (Lipinski definition) is 3. The summed E-state index contributed by atoms with van der Waals surface area (Å²) in [5, 5.41) is 16.4. The number of carbonyl (C=O) groups is 1. The molecule has 2 aromatic carbocycles. The molecule has 1 aliphatic rings. The van der Waals surface area contributed by atoms with E-state index in [9.17, 15) is 9.90 Å². The second-order valence-corrected chi connectivity index (χ2v) is 7.92. The van der Waals surface area contributed by atoms with Gasteiger partial charge in [0.1, 0.15) is 0 Å². The molecule has 3 rings (SSSR count). The normalized spacial score (nSPS) is 14.9. The summed E-state index contributed by atoms with van der Waals surface area (Å²) in [6.45, 7) is 5.60. The van der Waals surface area contributed by atoms with Crippen molar-refractivity contribution in [1.29, 1.82) is 0 Å². The van der Waals surface area contributed by atoms with Gasteiger partial charge in [-0.25, -0.2) is 4.99 Å². The van der Waals surface area contributed by atoms with Crippen LogP contribution in [-0.4, -0.2) is 54.7 Å². The van der Waals surface area contributed by atoms with E-state index < -0.39 is 0 Å². The maximum atomic E-state index is 12.8. The first-order valence-corrected chi connectivity index (χ1v) is 11.3. The molecular weight excluding hydrogens is 515 g/mol. The highest BCUT2D eigenvalue weighted by Gasteiger charge is 2.18. The van der Waals surface area contributed by atoms with Crippen LogP contribution in [0.25, 0.3) is 0 Å². The Morgan fingerprint density at radius 1 is 1.06 bits per heavy atom. The monoisotopic (exact) mass is 550 g/mol. The molecule has 3 N–H and O–H groups in total.